The molecule has 0 aliphatic carbocycles. The van der Waals surface area contributed by atoms with Gasteiger partial charge in [0.05, 0.1) is 11.7 Å². The van der Waals surface area contributed by atoms with Crippen LogP contribution in [0.4, 0.5) is 0 Å². The Morgan fingerprint density at radius 3 is 2.62 bits per heavy atom. The minimum atomic E-state index is -0.759. The number of ether oxygens (including phenoxy) is 1. The molecule has 16 heavy (non-hydrogen) atoms. The molecule has 0 spiro atoms. The van der Waals surface area contributed by atoms with Crippen LogP contribution in [0.3, 0.4) is 0 Å². The molecule has 1 rings (SSSR count). The normalized spacial score (nSPS) is 14.9. The lowest BCUT2D eigenvalue weighted by molar-refractivity contribution is 0.0466. The van der Waals surface area contributed by atoms with Crippen LogP contribution in [-0.2, 0) is 5.60 Å². The summed E-state index contributed by atoms with van der Waals surface area (Å²) in [6, 6.07) is 7.72. The minimum absolute atomic E-state index is 0.159. The van der Waals surface area contributed by atoms with Gasteiger partial charge in [-0.25, -0.2) is 0 Å². The van der Waals surface area contributed by atoms with Gasteiger partial charge < -0.3 is 9.84 Å². The van der Waals surface area contributed by atoms with Gasteiger partial charge in [0.1, 0.15) is 5.75 Å². The second kappa shape index (κ2) is 5.35. The molecule has 0 amide bonds. The predicted molar refractivity (Wildman–Crippen MR) is 66.7 cm³/mol. The Hall–Kier alpha value is -1.02. The minimum Gasteiger partial charge on any atom is -0.491 e. The monoisotopic (exact) mass is 222 g/mol. The Labute approximate surface area is 98.3 Å². The van der Waals surface area contributed by atoms with Gasteiger partial charge in [0.2, 0.25) is 0 Å². The van der Waals surface area contributed by atoms with Crippen molar-refractivity contribution in [2.45, 2.75) is 52.2 Å². The van der Waals surface area contributed by atoms with E-state index in [1.165, 1.54) is 0 Å². The molecule has 0 bridgehead atoms. The third-order valence-corrected chi connectivity index (χ3v) is 2.56. The van der Waals surface area contributed by atoms with Crippen molar-refractivity contribution < 1.29 is 9.84 Å². The fourth-order valence-electron chi connectivity index (χ4n) is 1.81. The van der Waals surface area contributed by atoms with E-state index in [-0.39, 0.29) is 6.10 Å². The van der Waals surface area contributed by atoms with Crippen LogP contribution in [-0.4, -0.2) is 11.2 Å². The summed E-state index contributed by atoms with van der Waals surface area (Å²) in [4.78, 5) is 0. The molecule has 0 saturated heterocycles. The van der Waals surface area contributed by atoms with E-state index in [1.54, 1.807) is 0 Å². The van der Waals surface area contributed by atoms with Crippen molar-refractivity contribution in [3.63, 3.8) is 0 Å². The van der Waals surface area contributed by atoms with Crippen molar-refractivity contribution in [2.24, 2.45) is 0 Å². The number of benzene rings is 1. The van der Waals surface area contributed by atoms with Crippen molar-refractivity contribution in [3.05, 3.63) is 29.8 Å². The van der Waals surface area contributed by atoms with Gasteiger partial charge in [-0.2, -0.15) is 0 Å². The molecule has 0 aromatic heterocycles. The van der Waals surface area contributed by atoms with Crippen LogP contribution in [0.1, 0.15) is 46.1 Å². The summed E-state index contributed by atoms with van der Waals surface area (Å²) in [5, 5.41) is 10.3. The number of aliphatic hydroxyl groups is 1. The highest BCUT2D eigenvalue weighted by molar-refractivity contribution is 5.32. The quantitative estimate of drug-likeness (QED) is 0.826. The second-order valence-corrected chi connectivity index (χ2v) is 4.72. The smallest absolute Gasteiger partial charge is 0.120 e. The number of hydrogen-bond acceptors (Lipinski definition) is 2. The van der Waals surface area contributed by atoms with Gasteiger partial charge in [0.25, 0.3) is 0 Å². The zero-order valence-electron chi connectivity index (χ0n) is 10.7. The molecular weight excluding hydrogens is 200 g/mol. The average Bonchev–Trinajstić information content (AvgIpc) is 2.17. The van der Waals surface area contributed by atoms with Crippen molar-refractivity contribution in [1.82, 2.24) is 0 Å². The highest BCUT2D eigenvalue weighted by Gasteiger charge is 2.22. The maximum absolute atomic E-state index is 10.3. The lowest BCUT2D eigenvalue weighted by Crippen LogP contribution is -2.20. The second-order valence-electron chi connectivity index (χ2n) is 4.72. The molecule has 0 aliphatic rings. The lowest BCUT2D eigenvalue weighted by Gasteiger charge is -2.24. The van der Waals surface area contributed by atoms with Gasteiger partial charge in [-0.1, -0.05) is 25.5 Å². The molecule has 1 aromatic rings. The van der Waals surface area contributed by atoms with E-state index < -0.39 is 5.60 Å². The van der Waals surface area contributed by atoms with Crippen LogP contribution in [0.25, 0.3) is 0 Å². The van der Waals surface area contributed by atoms with E-state index in [2.05, 4.69) is 6.92 Å². The zero-order valence-corrected chi connectivity index (χ0v) is 10.7. The lowest BCUT2D eigenvalue weighted by atomic mass is 9.91. The topological polar surface area (TPSA) is 29.5 Å². The summed E-state index contributed by atoms with van der Waals surface area (Å²) in [5.41, 5.74) is 0.165. The van der Waals surface area contributed by atoms with Gasteiger partial charge in [-0.15, -0.1) is 0 Å². The van der Waals surface area contributed by atoms with Crippen LogP contribution in [0.2, 0.25) is 0 Å². The average molecular weight is 222 g/mol. The molecule has 0 heterocycles. The Morgan fingerprint density at radius 2 is 2.06 bits per heavy atom. The van der Waals surface area contributed by atoms with Gasteiger partial charge >= 0.3 is 0 Å². The highest BCUT2D eigenvalue weighted by atomic mass is 16.5. The molecule has 0 saturated carbocycles. The SMILES string of the molecule is CCC[C@@](C)(O)c1cccc(OC(C)C)c1. The Bertz CT molecular complexity index is 329. The van der Waals surface area contributed by atoms with E-state index in [4.69, 9.17) is 4.74 Å². The summed E-state index contributed by atoms with van der Waals surface area (Å²) in [7, 11) is 0. The Balaban J connectivity index is 2.89. The maximum atomic E-state index is 10.3. The molecule has 90 valence electrons. The first-order chi connectivity index (χ1) is 7.45. The first-order valence-electron chi connectivity index (χ1n) is 5.95. The Kier molecular flexibility index (Phi) is 4.36. The summed E-state index contributed by atoms with van der Waals surface area (Å²) in [6.45, 7) is 7.92. The third kappa shape index (κ3) is 3.53. The van der Waals surface area contributed by atoms with Crippen LogP contribution in [0, 0.1) is 0 Å². The summed E-state index contributed by atoms with van der Waals surface area (Å²) < 4.78 is 5.62. The molecule has 1 aromatic carbocycles. The van der Waals surface area contributed by atoms with E-state index >= 15 is 0 Å². The Morgan fingerprint density at radius 1 is 1.38 bits per heavy atom. The van der Waals surface area contributed by atoms with Crippen molar-refractivity contribution >= 4 is 0 Å². The first-order valence-corrected chi connectivity index (χ1v) is 5.95. The fraction of sp³-hybridized carbons (Fsp3) is 0.571. The fourth-order valence-corrected chi connectivity index (χ4v) is 1.81. The summed E-state index contributed by atoms with van der Waals surface area (Å²) >= 11 is 0. The zero-order chi connectivity index (χ0) is 12.2. The van der Waals surface area contributed by atoms with E-state index in [1.807, 2.05) is 45.0 Å². The standard InChI is InChI=1S/C14H22O2/c1-5-9-14(4,15)12-7-6-8-13(10-12)16-11(2)3/h6-8,10-11,15H,5,9H2,1-4H3/t14-/m1/s1. The van der Waals surface area contributed by atoms with Gasteiger partial charge in [0, 0.05) is 0 Å². The van der Waals surface area contributed by atoms with Crippen molar-refractivity contribution in [2.75, 3.05) is 0 Å². The molecule has 0 aliphatic heterocycles. The maximum Gasteiger partial charge on any atom is 0.120 e. The molecule has 1 N–H and O–H groups in total. The first kappa shape index (κ1) is 13.0. The van der Waals surface area contributed by atoms with E-state index in [0.29, 0.717) is 0 Å². The number of hydrogen-bond donors (Lipinski definition) is 1. The van der Waals surface area contributed by atoms with Crippen LogP contribution < -0.4 is 4.74 Å². The van der Waals surface area contributed by atoms with E-state index in [0.717, 1.165) is 24.2 Å². The predicted octanol–water partition coefficient (Wildman–Crippen LogP) is 3.48. The molecule has 0 fully saturated rings. The van der Waals surface area contributed by atoms with E-state index in [9.17, 15) is 5.11 Å². The molecule has 0 radical (unpaired) electrons. The molecule has 2 nitrogen and oxygen atoms in total. The summed E-state index contributed by atoms with van der Waals surface area (Å²) in [6.07, 6.45) is 1.88. The largest absolute Gasteiger partial charge is 0.491 e. The van der Waals surface area contributed by atoms with Crippen molar-refractivity contribution in [1.29, 1.82) is 0 Å². The van der Waals surface area contributed by atoms with Crippen LogP contribution in [0.5, 0.6) is 5.75 Å². The van der Waals surface area contributed by atoms with Crippen molar-refractivity contribution in [3.8, 4) is 5.75 Å². The molecule has 2 heteroatoms. The highest BCUT2D eigenvalue weighted by Crippen LogP contribution is 2.28. The molecule has 0 unspecified atom stereocenters. The third-order valence-electron chi connectivity index (χ3n) is 2.56. The molecular formula is C14H22O2. The van der Waals surface area contributed by atoms with Crippen LogP contribution >= 0.6 is 0 Å². The van der Waals surface area contributed by atoms with Gasteiger partial charge in [-0.05, 0) is 44.9 Å². The molecule has 1 atom stereocenters. The van der Waals surface area contributed by atoms with Gasteiger partial charge in [-0.3, -0.25) is 0 Å². The summed E-state index contributed by atoms with van der Waals surface area (Å²) in [5.74, 6) is 0.823. The van der Waals surface area contributed by atoms with Gasteiger partial charge in [0.15, 0.2) is 0 Å². The van der Waals surface area contributed by atoms with Crippen LogP contribution in [0.15, 0.2) is 24.3 Å². The number of rotatable bonds is 5.